The molecular formula is C25H26N2O5S. The molecule has 1 N–H and O–H groups in total. The Labute approximate surface area is 194 Å². The molecule has 0 fully saturated rings. The van der Waals surface area contributed by atoms with Crippen molar-refractivity contribution in [3.8, 4) is 0 Å². The number of nitrogens with zero attached hydrogens (tertiary/aromatic N) is 1. The number of aryl methyl sites for hydroxylation is 2. The molecule has 3 aromatic carbocycles. The van der Waals surface area contributed by atoms with Gasteiger partial charge in [0.05, 0.1) is 28.9 Å². The molecule has 7 nitrogen and oxygen atoms in total. The Morgan fingerprint density at radius 2 is 1.58 bits per heavy atom. The predicted molar refractivity (Wildman–Crippen MR) is 128 cm³/mol. The standard InChI is InChI=1S/C25H26N2O5S/c1-17-12-14-20(15-13-17)33(30,31)27(23-11-7-8-18(2)19(23)3)16-24(28)26-22-10-6-5-9-21(22)25(29)32-4/h5-15H,16H2,1-4H3,(H,26,28). The van der Waals surface area contributed by atoms with Gasteiger partial charge in [-0.2, -0.15) is 0 Å². The molecule has 0 aliphatic heterocycles. The number of anilines is 2. The lowest BCUT2D eigenvalue weighted by Gasteiger charge is -2.26. The van der Waals surface area contributed by atoms with Crippen LogP contribution in [-0.4, -0.2) is 33.9 Å². The van der Waals surface area contributed by atoms with Crippen LogP contribution in [0.5, 0.6) is 0 Å². The zero-order valence-electron chi connectivity index (χ0n) is 19.0. The molecule has 0 radical (unpaired) electrons. The average Bonchev–Trinajstić information content (AvgIpc) is 2.79. The van der Waals surface area contributed by atoms with Crippen molar-refractivity contribution in [1.82, 2.24) is 0 Å². The molecule has 0 bridgehead atoms. The van der Waals surface area contributed by atoms with E-state index in [2.05, 4.69) is 5.32 Å². The number of para-hydroxylation sites is 1. The minimum Gasteiger partial charge on any atom is -0.465 e. The molecule has 0 aliphatic carbocycles. The van der Waals surface area contributed by atoms with Crippen molar-refractivity contribution in [3.63, 3.8) is 0 Å². The molecule has 8 heteroatoms. The van der Waals surface area contributed by atoms with Crippen LogP contribution < -0.4 is 9.62 Å². The van der Waals surface area contributed by atoms with Crippen LogP contribution in [0.15, 0.2) is 71.6 Å². The van der Waals surface area contributed by atoms with Crippen LogP contribution in [0.3, 0.4) is 0 Å². The highest BCUT2D eigenvalue weighted by Crippen LogP contribution is 2.29. The summed E-state index contributed by atoms with van der Waals surface area (Å²) in [5, 5.41) is 2.65. The first-order valence-corrected chi connectivity index (χ1v) is 11.7. The molecule has 0 aromatic heterocycles. The van der Waals surface area contributed by atoms with Gasteiger partial charge in [-0.25, -0.2) is 13.2 Å². The number of carbonyl (C=O) groups is 2. The molecule has 0 unspecified atom stereocenters. The summed E-state index contributed by atoms with van der Waals surface area (Å²) in [6.45, 7) is 5.08. The number of nitrogens with one attached hydrogen (secondary N) is 1. The molecule has 0 spiro atoms. The van der Waals surface area contributed by atoms with Gasteiger partial charge in [0, 0.05) is 0 Å². The number of methoxy groups -OCH3 is 1. The van der Waals surface area contributed by atoms with Crippen LogP contribution in [0, 0.1) is 20.8 Å². The molecule has 0 heterocycles. The number of ether oxygens (including phenoxy) is 1. The van der Waals surface area contributed by atoms with Crippen LogP contribution in [0.2, 0.25) is 0 Å². The average molecular weight is 467 g/mol. The van der Waals surface area contributed by atoms with Crippen molar-refractivity contribution in [1.29, 1.82) is 0 Å². The SMILES string of the molecule is COC(=O)c1ccccc1NC(=O)CN(c1cccc(C)c1C)S(=O)(=O)c1ccc(C)cc1. The van der Waals surface area contributed by atoms with Gasteiger partial charge in [0.25, 0.3) is 10.0 Å². The van der Waals surface area contributed by atoms with Crippen molar-refractivity contribution < 1.29 is 22.7 Å². The molecule has 33 heavy (non-hydrogen) atoms. The number of amides is 1. The Morgan fingerprint density at radius 3 is 2.24 bits per heavy atom. The van der Waals surface area contributed by atoms with Crippen LogP contribution in [0.25, 0.3) is 0 Å². The smallest absolute Gasteiger partial charge is 0.339 e. The monoisotopic (exact) mass is 466 g/mol. The van der Waals surface area contributed by atoms with Gasteiger partial charge < -0.3 is 10.1 Å². The third-order valence-electron chi connectivity index (χ3n) is 5.35. The summed E-state index contributed by atoms with van der Waals surface area (Å²) in [5.74, 6) is -1.20. The molecule has 3 rings (SSSR count). The van der Waals surface area contributed by atoms with E-state index in [0.717, 1.165) is 21.0 Å². The highest BCUT2D eigenvalue weighted by molar-refractivity contribution is 7.92. The molecular weight excluding hydrogens is 440 g/mol. The van der Waals surface area contributed by atoms with Gasteiger partial charge in [0.2, 0.25) is 5.91 Å². The van der Waals surface area contributed by atoms with E-state index in [1.165, 1.54) is 25.3 Å². The van der Waals surface area contributed by atoms with Crippen LogP contribution in [0.1, 0.15) is 27.0 Å². The van der Waals surface area contributed by atoms with Gasteiger partial charge in [-0.15, -0.1) is 0 Å². The molecule has 0 saturated carbocycles. The first-order valence-electron chi connectivity index (χ1n) is 10.3. The lowest BCUT2D eigenvalue weighted by Crippen LogP contribution is -2.38. The molecule has 0 atom stereocenters. The third kappa shape index (κ3) is 5.23. The first kappa shape index (κ1) is 24.0. The topological polar surface area (TPSA) is 92.8 Å². The minimum absolute atomic E-state index is 0.0803. The fourth-order valence-corrected chi connectivity index (χ4v) is 4.82. The quantitative estimate of drug-likeness (QED) is 0.526. The maximum atomic E-state index is 13.6. The Hall–Kier alpha value is -3.65. The fraction of sp³-hybridized carbons (Fsp3) is 0.200. The Balaban J connectivity index is 2.01. The van der Waals surface area contributed by atoms with Gasteiger partial charge in [-0.3, -0.25) is 9.10 Å². The maximum absolute atomic E-state index is 13.6. The van der Waals surface area contributed by atoms with E-state index in [9.17, 15) is 18.0 Å². The number of hydrogen-bond donors (Lipinski definition) is 1. The molecule has 1 amide bonds. The van der Waals surface area contributed by atoms with E-state index in [0.29, 0.717) is 5.69 Å². The van der Waals surface area contributed by atoms with Crippen molar-refractivity contribution in [2.75, 3.05) is 23.3 Å². The van der Waals surface area contributed by atoms with E-state index < -0.39 is 28.4 Å². The summed E-state index contributed by atoms with van der Waals surface area (Å²) in [6.07, 6.45) is 0. The number of benzene rings is 3. The van der Waals surface area contributed by atoms with Gasteiger partial charge >= 0.3 is 5.97 Å². The van der Waals surface area contributed by atoms with Gasteiger partial charge in [-0.1, -0.05) is 42.0 Å². The Bertz CT molecular complexity index is 1280. The van der Waals surface area contributed by atoms with E-state index in [1.807, 2.05) is 26.8 Å². The van der Waals surface area contributed by atoms with Crippen molar-refractivity contribution >= 4 is 33.3 Å². The van der Waals surface area contributed by atoms with Gasteiger partial charge in [0.1, 0.15) is 6.54 Å². The zero-order chi connectivity index (χ0) is 24.2. The predicted octanol–water partition coefficient (Wildman–Crippen LogP) is 4.23. The van der Waals surface area contributed by atoms with Crippen LogP contribution in [0.4, 0.5) is 11.4 Å². The van der Waals surface area contributed by atoms with E-state index in [4.69, 9.17) is 4.74 Å². The Kier molecular flexibility index (Phi) is 7.18. The summed E-state index contributed by atoms with van der Waals surface area (Å²) in [5.41, 5.74) is 3.39. The van der Waals surface area contributed by atoms with Gasteiger partial charge in [-0.05, 0) is 62.2 Å². The Morgan fingerprint density at radius 1 is 0.909 bits per heavy atom. The molecule has 3 aromatic rings. The van der Waals surface area contributed by atoms with Crippen molar-refractivity contribution in [3.05, 3.63) is 89.0 Å². The van der Waals surface area contributed by atoms with E-state index >= 15 is 0 Å². The van der Waals surface area contributed by atoms with Crippen LogP contribution in [-0.2, 0) is 19.6 Å². The van der Waals surface area contributed by atoms with E-state index in [-0.39, 0.29) is 16.1 Å². The number of sulfonamides is 1. The summed E-state index contributed by atoms with van der Waals surface area (Å²) in [4.78, 5) is 25.1. The summed E-state index contributed by atoms with van der Waals surface area (Å²) in [7, 11) is -2.80. The van der Waals surface area contributed by atoms with Crippen molar-refractivity contribution in [2.24, 2.45) is 0 Å². The molecule has 172 valence electrons. The number of esters is 1. The highest BCUT2D eigenvalue weighted by Gasteiger charge is 2.29. The van der Waals surface area contributed by atoms with E-state index in [1.54, 1.807) is 42.5 Å². The number of hydrogen-bond acceptors (Lipinski definition) is 5. The highest BCUT2D eigenvalue weighted by atomic mass is 32.2. The molecule has 0 aliphatic rings. The number of carbonyl (C=O) groups excluding carboxylic acids is 2. The van der Waals surface area contributed by atoms with Crippen LogP contribution >= 0.6 is 0 Å². The summed E-state index contributed by atoms with van der Waals surface area (Å²) >= 11 is 0. The fourth-order valence-electron chi connectivity index (χ4n) is 3.34. The molecule has 0 saturated heterocycles. The lowest BCUT2D eigenvalue weighted by molar-refractivity contribution is -0.114. The second-order valence-electron chi connectivity index (χ2n) is 7.63. The third-order valence-corrected chi connectivity index (χ3v) is 7.12. The zero-order valence-corrected chi connectivity index (χ0v) is 19.8. The minimum atomic E-state index is -4.05. The lowest BCUT2D eigenvalue weighted by atomic mass is 10.1. The van der Waals surface area contributed by atoms with Crippen molar-refractivity contribution in [2.45, 2.75) is 25.7 Å². The normalized spacial score (nSPS) is 11.0. The summed E-state index contributed by atoms with van der Waals surface area (Å²) < 4.78 is 33.0. The second kappa shape index (κ2) is 9.87. The van der Waals surface area contributed by atoms with Gasteiger partial charge in [0.15, 0.2) is 0 Å². The summed E-state index contributed by atoms with van der Waals surface area (Å²) in [6, 6.07) is 18.1. The largest absolute Gasteiger partial charge is 0.465 e. The second-order valence-corrected chi connectivity index (χ2v) is 9.49. The number of rotatable bonds is 7. The first-order chi connectivity index (χ1) is 15.6. The maximum Gasteiger partial charge on any atom is 0.339 e.